The largest absolute Gasteiger partial charge is 0.477 e. The van der Waals surface area contributed by atoms with E-state index in [1.54, 1.807) is 13.1 Å². The fourth-order valence-electron chi connectivity index (χ4n) is 3.40. The summed E-state index contributed by atoms with van der Waals surface area (Å²) in [7, 11) is 1.57. The number of fused-ring (bicyclic) bond motifs is 2. The average Bonchev–Trinajstić information content (AvgIpc) is 2.73. The Morgan fingerprint density at radius 3 is 2.61 bits per heavy atom. The van der Waals surface area contributed by atoms with E-state index in [4.69, 9.17) is 4.74 Å². The molecule has 0 saturated carbocycles. The second-order valence-electron chi connectivity index (χ2n) is 6.68. The Bertz CT molecular complexity index is 1030. The van der Waals surface area contributed by atoms with Crippen molar-refractivity contribution in [1.82, 2.24) is 5.32 Å². The normalized spacial score (nSPS) is 15.5. The van der Waals surface area contributed by atoms with Gasteiger partial charge in [0.05, 0.1) is 18.8 Å². The zero-order valence-electron chi connectivity index (χ0n) is 15.5. The van der Waals surface area contributed by atoms with Gasteiger partial charge in [-0.1, -0.05) is 42.5 Å². The summed E-state index contributed by atoms with van der Waals surface area (Å²) < 4.78 is 5.78. The van der Waals surface area contributed by atoms with Crippen LogP contribution in [0.3, 0.4) is 0 Å². The minimum atomic E-state index is -0.659. The van der Waals surface area contributed by atoms with Crippen LogP contribution in [-0.4, -0.2) is 38.1 Å². The van der Waals surface area contributed by atoms with Crippen LogP contribution in [0.1, 0.15) is 0 Å². The molecule has 2 N–H and O–H groups in total. The van der Waals surface area contributed by atoms with E-state index in [1.807, 2.05) is 65.6 Å². The van der Waals surface area contributed by atoms with Crippen LogP contribution in [0.2, 0.25) is 0 Å². The highest BCUT2D eigenvalue weighted by atomic mass is 16.5. The fraction of sp³-hybridized carbons (Fsp3) is 0.182. The van der Waals surface area contributed by atoms with E-state index in [0.717, 1.165) is 22.1 Å². The Kier molecular flexibility index (Phi) is 4.85. The van der Waals surface area contributed by atoms with E-state index in [-0.39, 0.29) is 18.4 Å². The van der Waals surface area contributed by atoms with Crippen LogP contribution in [0, 0.1) is 0 Å². The molecule has 28 heavy (non-hydrogen) atoms. The lowest BCUT2D eigenvalue weighted by Crippen LogP contribution is -2.50. The van der Waals surface area contributed by atoms with E-state index >= 15 is 0 Å². The van der Waals surface area contributed by atoms with Crippen molar-refractivity contribution in [1.29, 1.82) is 0 Å². The second kappa shape index (κ2) is 7.60. The first-order valence-corrected chi connectivity index (χ1v) is 9.15. The Labute approximate surface area is 163 Å². The van der Waals surface area contributed by atoms with Crippen molar-refractivity contribution >= 4 is 34.0 Å². The molecule has 0 unspecified atom stereocenters. The highest BCUT2D eigenvalue weighted by Gasteiger charge is 2.30. The van der Waals surface area contributed by atoms with Gasteiger partial charge in [0.25, 0.3) is 5.91 Å². The van der Waals surface area contributed by atoms with Gasteiger partial charge in [0.2, 0.25) is 5.91 Å². The smallest absolute Gasteiger partial charge is 0.262 e. The summed E-state index contributed by atoms with van der Waals surface area (Å²) in [6, 6.07) is 21.2. The Balaban J connectivity index is 1.51. The molecule has 0 fully saturated rings. The number of nitrogens with one attached hydrogen (secondary N) is 2. The van der Waals surface area contributed by atoms with Crippen LogP contribution in [0.4, 0.5) is 11.4 Å². The fourth-order valence-corrected chi connectivity index (χ4v) is 3.40. The van der Waals surface area contributed by atoms with E-state index < -0.39 is 6.10 Å². The molecule has 0 spiro atoms. The first-order chi connectivity index (χ1) is 13.6. The summed E-state index contributed by atoms with van der Waals surface area (Å²) in [5.41, 5.74) is 1.55. The number of hydrogen-bond acceptors (Lipinski definition) is 4. The molecular formula is C22H21N3O3. The molecular weight excluding hydrogens is 354 g/mol. The molecule has 0 saturated heterocycles. The van der Waals surface area contributed by atoms with Crippen molar-refractivity contribution in [3.8, 4) is 5.75 Å². The van der Waals surface area contributed by atoms with Crippen LogP contribution in [0.15, 0.2) is 66.7 Å². The van der Waals surface area contributed by atoms with Crippen LogP contribution in [0.5, 0.6) is 5.75 Å². The first kappa shape index (κ1) is 17.9. The molecule has 0 radical (unpaired) electrons. The third-order valence-corrected chi connectivity index (χ3v) is 4.77. The van der Waals surface area contributed by atoms with Crippen LogP contribution < -0.4 is 20.3 Å². The van der Waals surface area contributed by atoms with Crippen molar-refractivity contribution in [3.05, 3.63) is 66.7 Å². The van der Waals surface area contributed by atoms with Crippen molar-refractivity contribution in [2.45, 2.75) is 6.10 Å². The predicted molar refractivity (Wildman–Crippen MR) is 110 cm³/mol. The predicted octanol–water partition coefficient (Wildman–Crippen LogP) is 2.79. The van der Waals surface area contributed by atoms with Crippen molar-refractivity contribution in [2.24, 2.45) is 0 Å². The third kappa shape index (κ3) is 3.62. The molecule has 1 heterocycles. The average molecular weight is 375 g/mol. The molecule has 1 aliphatic heterocycles. The standard InChI is InChI=1S/C22H21N3O3/c1-23-22(27)20-13-25(18-8-4-5-9-19(18)28-20)14-21(26)24-17-11-10-15-6-2-3-7-16(15)12-17/h2-12,20H,13-14H2,1H3,(H,23,27)(H,24,26)/t20-/m1/s1. The van der Waals surface area contributed by atoms with Crippen molar-refractivity contribution < 1.29 is 14.3 Å². The second-order valence-corrected chi connectivity index (χ2v) is 6.68. The van der Waals surface area contributed by atoms with Gasteiger partial charge in [-0.25, -0.2) is 0 Å². The molecule has 142 valence electrons. The van der Waals surface area contributed by atoms with Gasteiger partial charge in [-0.15, -0.1) is 0 Å². The first-order valence-electron chi connectivity index (χ1n) is 9.15. The molecule has 3 aromatic carbocycles. The van der Waals surface area contributed by atoms with Crippen LogP contribution in [-0.2, 0) is 9.59 Å². The molecule has 6 heteroatoms. The maximum atomic E-state index is 12.7. The number of para-hydroxylation sites is 2. The lowest BCUT2D eigenvalue weighted by Gasteiger charge is -2.35. The van der Waals surface area contributed by atoms with Crippen molar-refractivity contribution in [3.63, 3.8) is 0 Å². The monoisotopic (exact) mass is 375 g/mol. The lowest BCUT2D eigenvalue weighted by molar-refractivity contribution is -0.127. The number of likely N-dealkylation sites (N-methyl/N-ethyl adjacent to an activating group) is 1. The number of carbonyl (C=O) groups is 2. The van der Waals surface area contributed by atoms with E-state index in [1.165, 1.54) is 0 Å². The Hall–Kier alpha value is -3.54. The number of rotatable bonds is 4. The van der Waals surface area contributed by atoms with Gasteiger partial charge in [0.15, 0.2) is 6.10 Å². The van der Waals surface area contributed by atoms with Gasteiger partial charge in [0, 0.05) is 12.7 Å². The zero-order valence-corrected chi connectivity index (χ0v) is 15.5. The third-order valence-electron chi connectivity index (χ3n) is 4.77. The molecule has 3 aromatic rings. The highest BCUT2D eigenvalue weighted by molar-refractivity contribution is 5.97. The topological polar surface area (TPSA) is 70.7 Å². The minimum absolute atomic E-state index is 0.126. The number of nitrogens with zero attached hydrogens (tertiary/aromatic N) is 1. The maximum absolute atomic E-state index is 12.7. The number of carbonyl (C=O) groups excluding carboxylic acids is 2. The van der Waals surface area contributed by atoms with Gasteiger partial charge in [0.1, 0.15) is 5.75 Å². The molecule has 4 rings (SSSR count). The van der Waals surface area contributed by atoms with E-state index in [9.17, 15) is 9.59 Å². The summed E-state index contributed by atoms with van der Waals surface area (Å²) in [6.45, 7) is 0.433. The molecule has 2 amide bonds. The molecule has 1 aliphatic rings. The minimum Gasteiger partial charge on any atom is -0.477 e. The number of anilines is 2. The van der Waals surface area contributed by atoms with Gasteiger partial charge in [-0.3, -0.25) is 9.59 Å². The summed E-state index contributed by atoms with van der Waals surface area (Å²) in [4.78, 5) is 26.6. The zero-order chi connectivity index (χ0) is 19.5. The molecule has 6 nitrogen and oxygen atoms in total. The number of ether oxygens (including phenoxy) is 1. The van der Waals surface area contributed by atoms with Gasteiger partial charge >= 0.3 is 0 Å². The molecule has 0 aromatic heterocycles. The molecule has 1 atom stereocenters. The maximum Gasteiger partial charge on any atom is 0.262 e. The van der Waals surface area contributed by atoms with Gasteiger partial charge in [-0.05, 0) is 35.0 Å². The number of hydrogen-bond donors (Lipinski definition) is 2. The van der Waals surface area contributed by atoms with Gasteiger partial charge in [-0.2, -0.15) is 0 Å². The number of amides is 2. The quantitative estimate of drug-likeness (QED) is 0.736. The van der Waals surface area contributed by atoms with Crippen LogP contribution >= 0.6 is 0 Å². The molecule has 0 aliphatic carbocycles. The Morgan fingerprint density at radius 2 is 1.79 bits per heavy atom. The molecule has 0 bridgehead atoms. The summed E-state index contributed by atoms with van der Waals surface area (Å²) >= 11 is 0. The highest BCUT2D eigenvalue weighted by Crippen LogP contribution is 2.33. The van der Waals surface area contributed by atoms with Crippen molar-refractivity contribution in [2.75, 3.05) is 30.4 Å². The van der Waals surface area contributed by atoms with E-state index in [0.29, 0.717) is 12.3 Å². The lowest BCUT2D eigenvalue weighted by atomic mass is 10.1. The summed E-state index contributed by atoms with van der Waals surface area (Å²) in [5.74, 6) is 0.234. The van der Waals surface area contributed by atoms with Gasteiger partial charge < -0.3 is 20.3 Å². The Morgan fingerprint density at radius 1 is 1.04 bits per heavy atom. The van der Waals surface area contributed by atoms with E-state index in [2.05, 4.69) is 10.6 Å². The summed E-state index contributed by atoms with van der Waals surface area (Å²) in [5, 5.41) is 7.74. The summed E-state index contributed by atoms with van der Waals surface area (Å²) in [6.07, 6.45) is -0.659. The SMILES string of the molecule is CNC(=O)[C@H]1CN(CC(=O)Nc2ccc3ccccc3c2)c2ccccc2O1. The van der Waals surface area contributed by atoms with Crippen LogP contribution in [0.25, 0.3) is 10.8 Å². The number of benzene rings is 3.